The number of nitrogens with one attached hydrogen (secondary N) is 2. The van der Waals surface area contributed by atoms with E-state index < -0.39 is 0 Å². The summed E-state index contributed by atoms with van der Waals surface area (Å²) in [7, 11) is 0. The predicted molar refractivity (Wildman–Crippen MR) is 171 cm³/mol. The largest absolute Gasteiger partial charge is 0.288 e. The SMILES string of the molecule is O=c1[nH]c(=O)c2cc3cc4cc5ccc6cc7cc8cc9c(=O)[nH]c(=O)c9cc8cc7cc6ccc5cc4cc3cc12. The predicted octanol–water partition coefficient (Wildman–Crippen LogP) is 6.45. The molecule has 6 nitrogen and oxygen atoms in total. The van der Waals surface area contributed by atoms with Crippen LogP contribution in [0.3, 0.4) is 0 Å². The van der Waals surface area contributed by atoms with E-state index in [9.17, 15) is 19.2 Å². The molecule has 0 fully saturated rings. The Bertz CT molecular complexity index is 2540. The van der Waals surface area contributed by atoms with Crippen molar-refractivity contribution in [3.8, 4) is 0 Å². The van der Waals surface area contributed by atoms with Gasteiger partial charge in [-0.15, -0.1) is 0 Å². The Morgan fingerprint density at radius 1 is 0.262 bits per heavy atom. The fourth-order valence-electron chi connectivity index (χ4n) is 6.44. The maximum Gasteiger partial charge on any atom is 0.258 e. The normalized spacial score (nSPS) is 12.2. The summed E-state index contributed by atoms with van der Waals surface area (Å²) < 4.78 is 0. The lowest BCUT2D eigenvalue weighted by atomic mass is 9.97. The van der Waals surface area contributed by atoms with Gasteiger partial charge in [-0.25, -0.2) is 0 Å². The van der Waals surface area contributed by atoms with Crippen molar-refractivity contribution in [3.63, 3.8) is 0 Å². The van der Waals surface area contributed by atoms with Crippen molar-refractivity contribution in [3.05, 3.63) is 138 Å². The molecular formula is C36H18N2O4. The van der Waals surface area contributed by atoms with Crippen LogP contribution in [0.4, 0.5) is 0 Å². The van der Waals surface area contributed by atoms with Gasteiger partial charge in [-0.1, -0.05) is 24.3 Å². The van der Waals surface area contributed by atoms with E-state index >= 15 is 0 Å². The lowest BCUT2D eigenvalue weighted by molar-refractivity contribution is 1.26. The highest BCUT2D eigenvalue weighted by atomic mass is 16.2. The van der Waals surface area contributed by atoms with E-state index in [1.807, 2.05) is 0 Å². The zero-order chi connectivity index (χ0) is 28.3. The molecule has 0 atom stereocenters. The third kappa shape index (κ3) is 3.20. The van der Waals surface area contributed by atoms with Crippen molar-refractivity contribution in [2.45, 2.75) is 0 Å². The van der Waals surface area contributed by atoms with Gasteiger partial charge in [-0.2, -0.15) is 0 Å². The molecule has 0 unspecified atom stereocenters. The molecule has 2 heterocycles. The first-order chi connectivity index (χ1) is 20.4. The van der Waals surface area contributed by atoms with Crippen molar-refractivity contribution in [1.82, 2.24) is 9.97 Å². The average molecular weight is 543 g/mol. The lowest BCUT2D eigenvalue weighted by Crippen LogP contribution is -2.05. The molecule has 0 spiro atoms. The van der Waals surface area contributed by atoms with Crippen molar-refractivity contribution in [2.24, 2.45) is 0 Å². The molecular weight excluding hydrogens is 524 g/mol. The topological polar surface area (TPSA) is 99.9 Å². The fourth-order valence-corrected chi connectivity index (χ4v) is 6.44. The first kappa shape index (κ1) is 22.9. The summed E-state index contributed by atoms with van der Waals surface area (Å²) >= 11 is 0. The van der Waals surface area contributed by atoms with Gasteiger partial charge in [-0.3, -0.25) is 29.1 Å². The maximum atomic E-state index is 12.2. The van der Waals surface area contributed by atoms with Crippen LogP contribution in [0.1, 0.15) is 0 Å². The Kier molecular flexibility index (Phi) is 4.28. The minimum absolute atomic E-state index is 0.355. The molecule has 2 N–H and O–H groups in total. The van der Waals surface area contributed by atoms with E-state index in [0.717, 1.165) is 64.6 Å². The van der Waals surface area contributed by atoms with Gasteiger partial charge in [0.2, 0.25) is 0 Å². The van der Waals surface area contributed by atoms with Crippen LogP contribution in [0.15, 0.2) is 116 Å². The molecule has 0 aliphatic rings. The number of H-pyrrole nitrogens is 2. The average Bonchev–Trinajstić information content (AvgIpc) is 3.40. The lowest BCUT2D eigenvalue weighted by Gasteiger charge is -2.07. The molecule has 0 saturated carbocycles. The summed E-state index contributed by atoms with van der Waals surface area (Å²) in [6.07, 6.45) is 0. The summed E-state index contributed by atoms with van der Waals surface area (Å²) in [6, 6.07) is 32.5. The van der Waals surface area contributed by atoms with Gasteiger partial charge in [0.1, 0.15) is 0 Å². The smallest absolute Gasteiger partial charge is 0.258 e. The Morgan fingerprint density at radius 3 is 0.690 bits per heavy atom. The molecule has 0 aliphatic carbocycles. The van der Waals surface area contributed by atoms with Crippen LogP contribution in [0.2, 0.25) is 0 Å². The number of aromatic nitrogens is 2. The van der Waals surface area contributed by atoms with Crippen molar-refractivity contribution in [2.75, 3.05) is 0 Å². The van der Waals surface area contributed by atoms with Gasteiger partial charge in [0.25, 0.3) is 22.2 Å². The fraction of sp³-hybridized carbons (Fsp3) is 0. The van der Waals surface area contributed by atoms with Crippen LogP contribution in [0.5, 0.6) is 0 Å². The molecule has 42 heavy (non-hydrogen) atoms. The second kappa shape index (κ2) is 7.86. The van der Waals surface area contributed by atoms with E-state index in [-0.39, 0.29) is 22.2 Å². The van der Waals surface area contributed by atoms with Gasteiger partial charge in [0, 0.05) is 0 Å². The monoisotopic (exact) mass is 542 g/mol. The molecule has 9 aromatic rings. The Morgan fingerprint density at radius 2 is 0.452 bits per heavy atom. The molecule has 6 heteroatoms. The van der Waals surface area contributed by atoms with Crippen LogP contribution in [-0.4, -0.2) is 9.97 Å². The van der Waals surface area contributed by atoms with Crippen LogP contribution in [-0.2, 0) is 0 Å². The molecule has 0 radical (unpaired) electrons. The second-order valence-corrected chi connectivity index (χ2v) is 11.1. The summed E-state index contributed by atoms with van der Waals surface area (Å²) in [5, 5.41) is 13.8. The van der Waals surface area contributed by atoms with Crippen LogP contribution in [0, 0.1) is 0 Å². The van der Waals surface area contributed by atoms with Crippen molar-refractivity contribution < 1.29 is 0 Å². The van der Waals surface area contributed by atoms with Gasteiger partial charge < -0.3 is 0 Å². The summed E-state index contributed by atoms with van der Waals surface area (Å²) in [5.41, 5.74) is -1.42. The molecule has 7 aromatic carbocycles. The van der Waals surface area contributed by atoms with Crippen LogP contribution >= 0.6 is 0 Å². The Balaban J connectivity index is 1.27. The molecule has 2 aromatic heterocycles. The summed E-state index contributed by atoms with van der Waals surface area (Å²) in [6.45, 7) is 0. The third-order valence-corrected chi connectivity index (χ3v) is 8.59. The van der Waals surface area contributed by atoms with Crippen molar-refractivity contribution >= 4 is 86.2 Å². The standard InChI is InChI=1S/C36H18N2O4/c39-33-29-13-25-9-21-5-17-1-2-18-6-22-10-26-14-30-32(36(42)38-34(30)40)16-28(26)12-24(22)8-20(18)4-3-19(17)7-23(21)11-27(25)15-31(29)35(41)37-33/h1-16H,(H,37,39,41)(H,38,40,42). The second-order valence-electron chi connectivity index (χ2n) is 11.1. The number of aromatic amines is 2. The highest BCUT2D eigenvalue weighted by Crippen LogP contribution is 2.31. The number of hydrogen-bond donors (Lipinski definition) is 2. The highest BCUT2D eigenvalue weighted by molar-refractivity contribution is 6.10. The maximum absolute atomic E-state index is 12.2. The first-order valence-electron chi connectivity index (χ1n) is 13.6. The third-order valence-electron chi connectivity index (χ3n) is 8.59. The van der Waals surface area contributed by atoms with Gasteiger partial charge >= 0.3 is 0 Å². The van der Waals surface area contributed by atoms with E-state index in [1.54, 1.807) is 24.3 Å². The molecule has 0 amide bonds. The highest BCUT2D eigenvalue weighted by Gasteiger charge is 2.11. The van der Waals surface area contributed by atoms with E-state index in [4.69, 9.17) is 0 Å². The minimum Gasteiger partial charge on any atom is -0.288 e. The number of rotatable bonds is 0. The zero-order valence-corrected chi connectivity index (χ0v) is 21.9. The zero-order valence-electron chi connectivity index (χ0n) is 21.9. The number of fused-ring (bicyclic) bond motifs is 8. The van der Waals surface area contributed by atoms with E-state index in [1.165, 1.54) is 0 Å². The molecule has 196 valence electrons. The first-order valence-corrected chi connectivity index (χ1v) is 13.6. The quantitative estimate of drug-likeness (QED) is 0.215. The van der Waals surface area contributed by atoms with Crippen LogP contribution < -0.4 is 22.2 Å². The number of hydrogen-bond acceptors (Lipinski definition) is 4. The number of benzene rings is 6. The Hall–Kier alpha value is -5.88. The molecule has 9 rings (SSSR count). The van der Waals surface area contributed by atoms with Gasteiger partial charge in [-0.05, 0) is 137 Å². The molecule has 0 aliphatic heterocycles. The summed E-state index contributed by atoms with van der Waals surface area (Å²) in [4.78, 5) is 53.5. The van der Waals surface area contributed by atoms with E-state index in [0.29, 0.717) is 21.5 Å². The molecule has 0 bridgehead atoms. The van der Waals surface area contributed by atoms with Crippen molar-refractivity contribution in [1.29, 1.82) is 0 Å². The summed E-state index contributed by atoms with van der Waals surface area (Å²) in [5.74, 6) is 0. The van der Waals surface area contributed by atoms with E-state index in [2.05, 4.69) is 82.8 Å². The molecule has 0 saturated heterocycles. The van der Waals surface area contributed by atoms with Gasteiger partial charge in [0.05, 0.1) is 21.5 Å². The Labute approximate surface area is 234 Å². The van der Waals surface area contributed by atoms with Crippen LogP contribution in [0.25, 0.3) is 86.2 Å². The minimum atomic E-state index is -0.355. The van der Waals surface area contributed by atoms with Gasteiger partial charge in [0.15, 0.2) is 0 Å².